The van der Waals surface area contributed by atoms with Gasteiger partial charge in [0.1, 0.15) is 5.02 Å². The number of rotatable bonds is 0. The molecule has 0 N–H and O–H groups in total. The smallest absolute Gasteiger partial charge is 0.418 e. The van der Waals surface area contributed by atoms with Crippen LogP contribution in [0.1, 0.15) is 1.43 Å². The predicted octanol–water partition coefficient (Wildman–Crippen LogP) is 4.89. The zero-order chi connectivity index (χ0) is 12.1. The van der Waals surface area contributed by atoms with Crippen LogP contribution in [0, 0.1) is 5.39 Å². The Morgan fingerprint density at radius 1 is 1.20 bits per heavy atom. The van der Waals surface area contributed by atoms with E-state index < -0.39 is 7.25 Å². The van der Waals surface area contributed by atoms with E-state index >= 15 is 0 Å². The fourth-order valence-electron chi connectivity index (χ4n) is 0.562. The number of hydrogen-bond donors (Lipinski definition) is 0. The molecule has 0 aromatic heterocycles. The largest absolute Gasteiger partial charge is 1.00 e. The van der Waals surface area contributed by atoms with Crippen molar-refractivity contribution in [1.82, 2.24) is 0 Å². The van der Waals surface area contributed by atoms with Gasteiger partial charge in [-0.3, -0.25) is 0 Å². The molecule has 0 bridgehead atoms. The molecule has 0 amide bonds. The molecule has 0 saturated heterocycles. The molecule has 0 heterocycles. The molecule has 0 unspecified atom stereocenters. The summed E-state index contributed by atoms with van der Waals surface area (Å²) < 4.78 is 39.0. The Bertz CT molecular complexity index is 376. The highest BCUT2D eigenvalue weighted by atomic mass is 35.5. The summed E-state index contributed by atoms with van der Waals surface area (Å²) in [5.41, 5.74) is 0.325. The van der Waals surface area contributed by atoms with Gasteiger partial charge in [0.05, 0.1) is 0 Å². The van der Waals surface area contributed by atoms with Crippen molar-refractivity contribution in [3.05, 3.63) is 33.2 Å². The molecule has 0 aliphatic heterocycles. The number of nitrogens with zero attached hydrogens (tertiary/aromatic N) is 2. The van der Waals surface area contributed by atoms with E-state index in [0.717, 1.165) is 0 Å². The maximum Gasteiger partial charge on any atom is 1.00 e. The highest BCUT2D eigenvalue weighted by Crippen LogP contribution is 2.27. The van der Waals surface area contributed by atoms with Crippen molar-refractivity contribution in [2.75, 3.05) is 0 Å². The van der Waals surface area contributed by atoms with E-state index in [9.17, 15) is 17.3 Å². The van der Waals surface area contributed by atoms with Crippen molar-refractivity contribution < 1.29 is 18.7 Å². The van der Waals surface area contributed by atoms with E-state index in [1.54, 1.807) is 6.07 Å². The first-order valence-electron chi connectivity index (χ1n) is 3.41. The Kier molecular flexibility index (Phi) is 5.40. The monoisotopic (exact) mass is 261 g/mol. The fraction of sp³-hybridized carbons (Fsp3) is 0. The zero-order valence-electron chi connectivity index (χ0n) is 7.97. The minimum Gasteiger partial charge on any atom is -0.418 e. The molecular formula is C6H4BCl2F4N2+. The first-order valence-corrected chi connectivity index (χ1v) is 4.17. The Hall–Kier alpha value is -0.995. The lowest BCUT2D eigenvalue weighted by molar-refractivity contribution is 0.368. The normalized spacial score (nSPS) is 9.93. The number of diazo groups is 1. The summed E-state index contributed by atoms with van der Waals surface area (Å²) >= 11 is 11.2. The second-order valence-corrected chi connectivity index (χ2v) is 3.03. The van der Waals surface area contributed by atoms with Crippen LogP contribution in [0.4, 0.5) is 23.0 Å². The van der Waals surface area contributed by atoms with Crippen molar-refractivity contribution in [3.8, 4) is 0 Å². The summed E-state index contributed by atoms with van der Waals surface area (Å²) in [6, 6.07) is 4.64. The van der Waals surface area contributed by atoms with Gasteiger partial charge in [0, 0.05) is 11.1 Å². The number of hydrogen-bond acceptors (Lipinski definition) is 1. The molecule has 0 radical (unpaired) electrons. The number of halogens is 6. The van der Waals surface area contributed by atoms with Crippen LogP contribution >= 0.6 is 23.2 Å². The van der Waals surface area contributed by atoms with E-state index in [-0.39, 0.29) is 1.43 Å². The third-order valence-electron chi connectivity index (χ3n) is 1.02. The van der Waals surface area contributed by atoms with Gasteiger partial charge in [-0.15, -0.1) is 0 Å². The van der Waals surface area contributed by atoms with Gasteiger partial charge in [-0.05, 0) is 12.1 Å². The summed E-state index contributed by atoms with van der Waals surface area (Å²) in [5, 5.41) is 9.17. The molecule has 1 aromatic carbocycles. The van der Waals surface area contributed by atoms with Crippen LogP contribution in [0.3, 0.4) is 0 Å². The van der Waals surface area contributed by atoms with Gasteiger partial charge in [-0.2, -0.15) is 0 Å². The lowest BCUT2D eigenvalue weighted by Crippen LogP contribution is -2.02. The van der Waals surface area contributed by atoms with Crippen molar-refractivity contribution in [1.29, 1.82) is 5.39 Å². The molecule has 0 fully saturated rings. The molecule has 0 spiro atoms. The molecule has 2 nitrogen and oxygen atoms in total. The van der Waals surface area contributed by atoms with Crippen molar-refractivity contribution >= 4 is 36.1 Å². The van der Waals surface area contributed by atoms with Crippen molar-refractivity contribution in [2.24, 2.45) is 0 Å². The van der Waals surface area contributed by atoms with Crippen LogP contribution in [0.25, 0.3) is 4.98 Å². The molecule has 82 valence electrons. The molecule has 0 aliphatic rings. The van der Waals surface area contributed by atoms with Crippen LogP contribution in [-0.4, -0.2) is 7.25 Å². The quantitative estimate of drug-likeness (QED) is 0.371. The molecule has 0 aliphatic carbocycles. The van der Waals surface area contributed by atoms with Gasteiger partial charge in [-0.25, -0.2) is 0 Å². The molecule has 0 atom stereocenters. The van der Waals surface area contributed by atoms with Crippen molar-refractivity contribution in [3.63, 3.8) is 0 Å². The average Bonchev–Trinajstić information content (AvgIpc) is 2.01. The molecule has 9 heteroatoms. The summed E-state index contributed by atoms with van der Waals surface area (Å²) in [6.07, 6.45) is 0. The molecule has 1 rings (SSSR count). The van der Waals surface area contributed by atoms with Crippen LogP contribution in [0.2, 0.25) is 10.0 Å². The van der Waals surface area contributed by atoms with Gasteiger partial charge in [0.2, 0.25) is 5.39 Å². The molecule has 15 heavy (non-hydrogen) atoms. The number of benzene rings is 1. The van der Waals surface area contributed by atoms with Crippen LogP contribution in [-0.2, 0) is 0 Å². The minimum atomic E-state index is -6.00. The topological polar surface area (TPSA) is 28.1 Å². The first-order chi connectivity index (χ1) is 6.74. The van der Waals surface area contributed by atoms with Gasteiger partial charge in [0.25, 0.3) is 0 Å². The van der Waals surface area contributed by atoms with Crippen LogP contribution < -0.4 is 0 Å². The highest BCUT2D eigenvalue weighted by Gasteiger charge is 2.20. The fourth-order valence-corrected chi connectivity index (χ4v) is 1.01. The van der Waals surface area contributed by atoms with Gasteiger partial charge in [0.15, 0.2) is 4.98 Å². The summed E-state index contributed by atoms with van der Waals surface area (Å²) in [4.78, 5) is 2.92. The van der Waals surface area contributed by atoms with Gasteiger partial charge in [-0.1, -0.05) is 23.2 Å². The SMILES string of the molecule is F[B-](F)(F)F.N#[N+]c1ccc(Cl)cc1Cl.[H+]. The Morgan fingerprint density at radius 2 is 1.67 bits per heavy atom. The average molecular weight is 262 g/mol. The van der Waals surface area contributed by atoms with E-state index in [1.165, 1.54) is 12.1 Å². The predicted molar refractivity (Wildman–Crippen MR) is 52.5 cm³/mol. The Balaban J connectivity index is 0. The molecule has 0 saturated carbocycles. The summed E-state index contributed by atoms with van der Waals surface area (Å²) in [6.45, 7) is 0. The third kappa shape index (κ3) is 8.03. The van der Waals surface area contributed by atoms with E-state index in [1.807, 2.05) is 0 Å². The molecular weight excluding hydrogens is 258 g/mol. The van der Waals surface area contributed by atoms with Gasteiger partial charge >= 0.3 is 14.4 Å². The maximum absolute atomic E-state index is 9.75. The lowest BCUT2D eigenvalue weighted by Gasteiger charge is -1.94. The second kappa shape index (κ2) is 5.78. The minimum absolute atomic E-state index is 0. The first kappa shape index (κ1) is 14.0. The molecule has 1 aromatic rings. The Labute approximate surface area is 94.0 Å². The summed E-state index contributed by atoms with van der Waals surface area (Å²) in [7, 11) is -6.00. The Morgan fingerprint density at radius 3 is 2.00 bits per heavy atom. The zero-order valence-corrected chi connectivity index (χ0v) is 8.48. The van der Waals surface area contributed by atoms with E-state index in [2.05, 4.69) is 4.98 Å². The second-order valence-electron chi connectivity index (χ2n) is 2.19. The van der Waals surface area contributed by atoms with Gasteiger partial charge < -0.3 is 17.3 Å². The third-order valence-corrected chi connectivity index (χ3v) is 1.56. The highest BCUT2D eigenvalue weighted by molar-refractivity contribution is 6.50. The maximum atomic E-state index is 9.75. The summed E-state index contributed by atoms with van der Waals surface area (Å²) in [5.74, 6) is 0. The van der Waals surface area contributed by atoms with Crippen LogP contribution in [0.5, 0.6) is 0 Å². The lowest BCUT2D eigenvalue weighted by atomic mass is 10.3. The van der Waals surface area contributed by atoms with E-state index in [0.29, 0.717) is 15.7 Å². The van der Waals surface area contributed by atoms with Crippen molar-refractivity contribution in [2.45, 2.75) is 0 Å². The van der Waals surface area contributed by atoms with Crippen LogP contribution in [0.15, 0.2) is 18.2 Å². The standard InChI is InChI=1S/C6H3Cl2N2.BF4/c7-4-1-2-6(10-9)5(8)3-4;2-1(3,4)5/h1-3H;/q+1;-1/p+1. The van der Waals surface area contributed by atoms with E-state index in [4.69, 9.17) is 28.6 Å².